The van der Waals surface area contributed by atoms with E-state index in [4.69, 9.17) is 0 Å². The van der Waals surface area contributed by atoms with E-state index in [0.29, 0.717) is 19.0 Å². The predicted octanol–water partition coefficient (Wildman–Crippen LogP) is 2.39. The molecular weight excluding hydrogens is 420 g/mol. The predicted molar refractivity (Wildman–Crippen MR) is 123 cm³/mol. The van der Waals surface area contributed by atoms with Crippen molar-refractivity contribution in [2.75, 3.05) is 26.7 Å². The van der Waals surface area contributed by atoms with Crippen LogP contribution in [0.3, 0.4) is 0 Å². The Morgan fingerprint density at radius 3 is 2.53 bits per heavy atom. The van der Waals surface area contributed by atoms with E-state index in [1.165, 1.54) is 0 Å². The van der Waals surface area contributed by atoms with Crippen LogP contribution in [0.1, 0.15) is 16.5 Å². The molecule has 160 valence electrons. The summed E-state index contributed by atoms with van der Waals surface area (Å²) in [6, 6.07) is 16.7. The number of fused-ring (bicyclic) bond motifs is 1. The van der Waals surface area contributed by atoms with Crippen molar-refractivity contribution in [3.8, 4) is 0 Å². The van der Waals surface area contributed by atoms with Gasteiger partial charge in [-0.15, -0.1) is 11.3 Å². The molecule has 30 heavy (non-hydrogen) atoms. The van der Waals surface area contributed by atoms with Crippen molar-refractivity contribution in [1.82, 2.24) is 15.4 Å². The fourth-order valence-electron chi connectivity index (χ4n) is 2.85. The molecular formula is C21H26N4O3S2. The van der Waals surface area contributed by atoms with Crippen LogP contribution in [0.2, 0.25) is 0 Å². The molecule has 0 aliphatic rings. The maximum atomic E-state index is 12.3. The molecule has 0 radical (unpaired) electrons. The number of aliphatic imine (C=N–C) groups is 1. The Labute approximate surface area is 180 Å². The van der Waals surface area contributed by atoms with Crippen LogP contribution in [0.15, 0.2) is 64.5 Å². The van der Waals surface area contributed by atoms with E-state index in [1.807, 2.05) is 37.3 Å². The highest BCUT2D eigenvalue weighted by Gasteiger charge is 2.14. The topological polar surface area (TPSA) is 103 Å². The third-order valence-electron chi connectivity index (χ3n) is 4.50. The maximum absolute atomic E-state index is 12.3. The van der Waals surface area contributed by atoms with Gasteiger partial charge < -0.3 is 15.7 Å². The Morgan fingerprint density at radius 1 is 1.10 bits per heavy atom. The molecule has 0 amide bonds. The zero-order chi connectivity index (χ0) is 21.6. The molecule has 0 aliphatic heterocycles. The van der Waals surface area contributed by atoms with Gasteiger partial charge in [0, 0.05) is 36.3 Å². The Kier molecular flexibility index (Phi) is 7.43. The van der Waals surface area contributed by atoms with Crippen LogP contribution in [0.25, 0.3) is 10.1 Å². The summed E-state index contributed by atoms with van der Waals surface area (Å²) in [5.41, 5.74) is 1.00. The molecule has 3 rings (SSSR count). The molecule has 0 saturated heterocycles. The molecule has 1 atom stereocenters. The largest absolute Gasteiger partial charge is 0.386 e. The number of aryl methyl sites for hydroxylation is 1. The van der Waals surface area contributed by atoms with Crippen molar-refractivity contribution >= 4 is 37.4 Å². The van der Waals surface area contributed by atoms with Crippen LogP contribution in [0.4, 0.5) is 0 Å². The first-order valence-corrected chi connectivity index (χ1v) is 11.9. The molecule has 9 heteroatoms. The number of nitrogens with zero attached hydrogens (tertiary/aromatic N) is 1. The smallest absolute Gasteiger partial charge is 0.240 e. The van der Waals surface area contributed by atoms with Crippen LogP contribution < -0.4 is 15.4 Å². The lowest BCUT2D eigenvalue weighted by Crippen LogP contribution is -2.42. The standard InChI is InChI=1S/C21H26N4O3S2/c1-15-7-9-17(10-8-15)30(27,28)25-12-11-23-21(22-2)24-14-18(26)20-13-16-5-3-4-6-19(16)29-20/h3-10,13,18,25-26H,11-12,14H2,1-2H3,(H2,22,23,24). The van der Waals surface area contributed by atoms with Gasteiger partial charge in [0.1, 0.15) is 6.10 Å². The fourth-order valence-corrected chi connectivity index (χ4v) is 4.93. The van der Waals surface area contributed by atoms with Gasteiger partial charge in [0.15, 0.2) is 5.96 Å². The summed E-state index contributed by atoms with van der Waals surface area (Å²) in [5.74, 6) is 0.490. The second-order valence-corrected chi connectivity index (χ2v) is 9.68. The molecule has 1 unspecified atom stereocenters. The monoisotopic (exact) mass is 446 g/mol. The molecule has 0 bridgehead atoms. The van der Waals surface area contributed by atoms with Crippen LogP contribution in [0.5, 0.6) is 0 Å². The first kappa shape index (κ1) is 22.2. The van der Waals surface area contributed by atoms with Gasteiger partial charge in [-0.25, -0.2) is 13.1 Å². The van der Waals surface area contributed by atoms with Crippen molar-refractivity contribution in [3.63, 3.8) is 0 Å². The van der Waals surface area contributed by atoms with E-state index in [0.717, 1.165) is 20.5 Å². The number of nitrogens with one attached hydrogen (secondary N) is 3. The number of aliphatic hydroxyl groups excluding tert-OH is 1. The second kappa shape index (κ2) is 10.0. The number of hydrogen-bond acceptors (Lipinski definition) is 5. The van der Waals surface area contributed by atoms with Crippen LogP contribution >= 0.6 is 11.3 Å². The third kappa shape index (κ3) is 5.79. The summed E-state index contributed by atoms with van der Waals surface area (Å²) < 4.78 is 28.3. The number of hydrogen-bond donors (Lipinski definition) is 4. The Hall–Kier alpha value is -2.46. The number of aliphatic hydroxyl groups is 1. The zero-order valence-electron chi connectivity index (χ0n) is 16.9. The number of benzene rings is 2. The summed E-state index contributed by atoms with van der Waals surface area (Å²) in [7, 11) is -1.92. The Balaban J connectivity index is 1.45. The minimum Gasteiger partial charge on any atom is -0.386 e. The molecule has 7 nitrogen and oxygen atoms in total. The van der Waals surface area contributed by atoms with E-state index in [-0.39, 0.29) is 11.4 Å². The molecule has 1 aromatic heterocycles. The molecule has 1 heterocycles. The lowest BCUT2D eigenvalue weighted by molar-refractivity contribution is 0.184. The van der Waals surface area contributed by atoms with Crippen LogP contribution in [-0.2, 0) is 10.0 Å². The van der Waals surface area contributed by atoms with Crippen LogP contribution in [-0.4, -0.2) is 46.2 Å². The van der Waals surface area contributed by atoms with Crippen molar-refractivity contribution in [1.29, 1.82) is 0 Å². The zero-order valence-corrected chi connectivity index (χ0v) is 18.6. The van der Waals surface area contributed by atoms with Crippen molar-refractivity contribution in [2.45, 2.75) is 17.9 Å². The molecule has 0 spiro atoms. The third-order valence-corrected chi connectivity index (χ3v) is 7.19. The molecule has 3 aromatic rings. The Bertz CT molecular complexity index is 1080. The van der Waals surface area contributed by atoms with E-state index >= 15 is 0 Å². The molecule has 0 fully saturated rings. The van der Waals surface area contributed by atoms with Gasteiger partial charge in [0.05, 0.1) is 4.90 Å². The van der Waals surface area contributed by atoms with Gasteiger partial charge in [0.25, 0.3) is 0 Å². The second-order valence-electron chi connectivity index (χ2n) is 6.79. The van der Waals surface area contributed by atoms with Crippen molar-refractivity contribution < 1.29 is 13.5 Å². The number of rotatable bonds is 8. The number of thiophene rings is 1. The van der Waals surface area contributed by atoms with E-state index in [2.05, 4.69) is 20.3 Å². The summed E-state index contributed by atoms with van der Waals surface area (Å²) in [4.78, 5) is 5.23. The highest BCUT2D eigenvalue weighted by atomic mass is 32.2. The Morgan fingerprint density at radius 2 is 1.83 bits per heavy atom. The highest BCUT2D eigenvalue weighted by molar-refractivity contribution is 7.89. The normalized spacial score (nSPS) is 13.4. The van der Waals surface area contributed by atoms with Gasteiger partial charge >= 0.3 is 0 Å². The van der Waals surface area contributed by atoms with Gasteiger partial charge in [-0.3, -0.25) is 4.99 Å². The van der Waals surface area contributed by atoms with E-state index < -0.39 is 16.1 Å². The summed E-state index contributed by atoms with van der Waals surface area (Å²) in [6.45, 7) is 2.76. The quantitative estimate of drug-likeness (QED) is 0.242. The summed E-state index contributed by atoms with van der Waals surface area (Å²) >= 11 is 1.56. The maximum Gasteiger partial charge on any atom is 0.240 e. The fraction of sp³-hybridized carbons (Fsp3) is 0.286. The number of sulfonamides is 1. The van der Waals surface area contributed by atoms with Gasteiger partial charge in [0.2, 0.25) is 10.0 Å². The van der Waals surface area contributed by atoms with Crippen LogP contribution in [0, 0.1) is 6.92 Å². The van der Waals surface area contributed by atoms with Gasteiger partial charge in [-0.05, 0) is 36.6 Å². The van der Waals surface area contributed by atoms with E-state index in [1.54, 1.807) is 42.6 Å². The molecule has 0 saturated carbocycles. The molecule has 2 aromatic carbocycles. The summed E-state index contributed by atoms with van der Waals surface area (Å²) in [5, 5.41) is 17.7. The van der Waals surface area contributed by atoms with Gasteiger partial charge in [-0.1, -0.05) is 35.9 Å². The van der Waals surface area contributed by atoms with Gasteiger partial charge in [-0.2, -0.15) is 0 Å². The first-order valence-electron chi connectivity index (χ1n) is 9.56. The minimum atomic E-state index is -3.55. The van der Waals surface area contributed by atoms with Crippen molar-refractivity contribution in [2.24, 2.45) is 4.99 Å². The lowest BCUT2D eigenvalue weighted by Gasteiger charge is -2.15. The SMILES string of the molecule is CN=C(NCCNS(=O)(=O)c1ccc(C)cc1)NCC(O)c1cc2ccccc2s1. The minimum absolute atomic E-state index is 0.204. The lowest BCUT2D eigenvalue weighted by atomic mass is 10.2. The van der Waals surface area contributed by atoms with E-state index in [9.17, 15) is 13.5 Å². The van der Waals surface area contributed by atoms with Crippen molar-refractivity contribution in [3.05, 3.63) is 65.0 Å². The molecule has 0 aliphatic carbocycles. The average molecular weight is 447 g/mol. The highest BCUT2D eigenvalue weighted by Crippen LogP contribution is 2.29. The first-order chi connectivity index (χ1) is 14.4. The number of guanidine groups is 1. The summed E-state index contributed by atoms with van der Waals surface area (Å²) in [6.07, 6.45) is -0.666. The average Bonchev–Trinajstić information content (AvgIpc) is 3.18. The molecule has 4 N–H and O–H groups in total.